The lowest BCUT2D eigenvalue weighted by molar-refractivity contribution is -0.139. The van der Waals surface area contributed by atoms with Crippen LogP contribution in [0.25, 0.3) is 11.1 Å². The monoisotopic (exact) mass is 612 g/mol. The summed E-state index contributed by atoms with van der Waals surface area (Å²) in [7, 11) is 1.58. The third-order valence-corrected chi connectivity index (χ3v) is 10.4. The van der Waals surface area contributed by atoms with Gasteiger partial charge in [0.2, 0.25) is 0 Å². The van der Waals surface area contributed by atoms with Crippen molar-refractivity contribution in [2.45, 2.75) is 59.4 Å². The Balaban J connectivity index is 1.51. The van der Waals surface area contributed by atoms with Crippen LogP contribution in [-0.2, 0) is 22.4 Å². The van der Waals surface area contributed by atoms with Gasteiger partial charge in [0.25, 0.3) is 5.56 Å². The van der Waals surface area contributed by atoms with Crippen LogP contribution in [0.2, 0.25) is 0 Å². The van der Waals surface area contributed by atoms with Gasteiger partial charge in [-0.15, -0.1) is 11.3 Å². The van der Waals surface area contributed by atoms with E-state index in [4.69, 9.17) is 14.5 Å². The number of aromatic nitrogens is 2. The van der Waals surface area contributed by atoms with Crippen molar-refractivity contribution in [2.24, 2.45) is 4.99 Å². The van der Waals surface area contributed by atoms with Gasteiger partial charge < -0.3 is 14.0 Å². The quantitative estimate of drug-likeness (QED) is 0.285. The first-order chi connectivity index (χ1) is 20.8. The number of aryl methyl sites for hydroxylation is 2. The molecule has 6 rings (SSSR count). The molecule has 0 spiro atoms. The zero-order valence-electron chi connectivity index (χ0n) is 24.8. The summed E-state index contributed by atoms with van der Waals surface area (Å²) < 4.78 is 15.1. The number of esters is 1. The first-order valence-corrected chi connectivity index (χ1v) is 16.0. The molecule has 220 valence electrons. The third kappa shape index (κ3) is 4.86. The fourth-order valence-electron chi connectivity index (χ4n) is 6.13. The highest BCUT2D eigenvalue weighted by molar-refractivity contribution is 7.15. The summed E-state index contributed by atoms with van der Waals surface area (Å²) in [6.07, 6.45) is 6.13. The zero-order valence-corrected chi connectivity index (χ0v) is 26.4. The van der Waals surface area contributed by atoms with Gasteiger partial charge in [0.05, 0.1) is 41.1 Å². The topological polar surface area (TPSA) is 98.6 Å². The van der Waals surface area contributed by atoms with Gasteiger partial charge in [-0.3, -0.25) is 9.36 Å². The minimum atomic E-state index is -0.712. The van der Waals surface area contributed by atoms with Gasteiger partial charge in [0.1, 0.15) is 16.8 Å². The van der Waals surface area contributed by atoms with E-state index < -0.39 is 12.0 Å². The van der Waals surface area contributed by atoms with Crippen LogP contribution >= 0.6 is 22.7 Å². The maximum atomic E-state index is 14.1. The molecule has 2 aliphatic rings. The number of fused-ring (bicyclic) bond motifs is 2. The maximum absolute atomic E-state index is 14.1. The van der Waals surface area contributed by atoms with Gasteiger partial charge >= 0.3 is 5.97 Å². The molecule has 0 unspecified atom stereocenters. The van der Waals surface area contributed by atoms with Crippen LogP contribution in [0, 0.1) is 25.2 Å². The first kappa shape index (κ1) is 28.9. The predicted octanol–water partition coefficient (Wildman–Crippen LogP) is 5.03. The van der Waals surface area contributed by atoms with Crippen LogP contribution in [-0.4, -0.2) is 28.8 Å². The summed E-state index contributed by atoms with van der Waals surface area (Å²) in [5.74, 6) is 0.123. The summed E-state index contributed by atoms with van der Waals surface area (Å²) in [5, 5.41) is 11.0. The van der Waals surface area contributed by atoms with Crippen molar-refractivity contribution in [3.8, 4) is 16.8 Å². The predicted molar refractivity (Wildman–Crippen MR) is 168 cm³/mol. The van der Waals surface area contributed by atoms with Gasteiger partial charge in [0.15, 0.2) is 4.80 Å². The number of carbonyl (C=O) groups excluding carboxylic acids is 1. The minimum absolute atomic E-state index is 0.210. The number of allylic oxidation sites excluding steroid dienone is 1. The molecule has 10 heteroatoms. The molecular weight excluding hydrogens is 581 g/mol. The minimum Gasteiger partial charge on any atom is -0.497 e. The first-order valence-electron chi connectivity index (χ1n) is 14.3. The molecule has 8 nitrogen and oxygen atoms in total. The van der Waals surface area contributed by atoms with E-state index >= 15 is 0 Å². The van der Waals surface area contributed by atoms with Crippen LogP contribution in [0.15, 0.2) is 51.4 Å². The van der Waals surface area contributed by atoms with E-state index in [1.165, 1.54) is 21.8 Å². The van der Waals surface area contributed by atoms with Gasteiger partial charge in [-0.25, -0.2) is 9.79 Å². The molecule has 0 saturated carbocycles. The van der Waals surface area contributed by atoms with Crippen LogP contribution in [0.3, 0.4) is 0 Å². The summed E-state index contributed by atoms with van der Waals surface area (Å²) in [4.78, 5) is 33.8. The normalized spacial score (nSPS) is 16.4. The van der Waals surface area contributed by atoms with E-state index in [1.807, 2.05) is 44.2 Å². The van der Waals surface area contributed by atoms with Crippen LogP contribution in [0.4, 0.5) is 0 Å². The number of thiazole rings is 1. The fraction of sp³-hybridized carbons (Fsp3) is 0.333. The smallest absolute Gasteiger partial charge is 0.338 e. The summed E-state index contributed by atoms with van der Waals surface area (Å²) >= 11 is 3.01. The molecule has 0 N–H and O–H groups in total. The number of thiophene rings is 1. The Morgan fingerprint density at radius 1 is 1.19 bits per heavy atom. The van der Waals surface area contributed by atoms with Crippen LogP contribution in [0.5, 0.6) is 5.75 Å². The molecule has 1 aromatic carbocycles. The Hall–Kier alpha value is -4.20. The van der Waals surface area contributed by atoms with Crippen molar-refractivity contribution in [3.63, 3.8) is 0 Å². The van der Waals surface area contributed by atoms with Gasteiger partial charge in [-0.1, -0.05) is 23.5 Å². The second-order valence-electron chi connectivity index (χ2n) is 10.7. The Morgan fingerprint density at radius 2 is 1.98 bits per heavy atom. The SMILES string of the molecule is CCOC(=O)C1=C(C)N=c2s/c(=C/c3cc(C)n(-c4sc5c(c4C#N)CCCC5)c3C)c(=O)n2[C@@H]1c1cccc(OC)c1. The molecule has 0 amide bonds. The molecule has 4 heterocycles. The number of benzene rings is 1. The van der Waals surface area contributed by atoms with E-state index in [0.717, 1.165) is 58.8 Å². The zero-order chi connectivity index (χ0) is 30.4. The van der Waals surface area contributed by atoms with Crippen molar-refractivity contribution < 1.29 is 14.3 Å². The van der Waals surface area contributed by atoms with E-state index in [2.05, 4.69) is 16.7 Å². The number of hydrogen-bond donors (Lipinski definition) is 0. The molecule has 0 radical (unpaired) electrons. The Bertz CT molecular complexity index is 2030. The largest absolute Gasteiger partial charge is 0.497 e. The number of ether oxygens (including phenoxy) is 2. The number of nitriles is 1. The van der Waals surface area contributed by atoms with Gasteiger partial charge in [0, 0.05) is 16.3 Å². The Labute approximate surface area is 257 Å². The van der Waals surface area contributed by atoms with Crippen LogP contribution in [0.1, 0.15) is 71.2 Å². The molecule has 0 fully saturated rings. The van der Waals surface area contributed by atoms with E-state index in [9.17, 15) is 14.9 Å². The van der Waals surface area contributed by atoms with Crippen LogP contribution < -0.4 is 19.6 Å². The molecule has 1 atom stereocenters. The number of nitrogens with zero attached hydrogens (tertiary/aromatic N) is 4. The molecule has 0 bridgehead atoms. The number of hydrogen-bond acceptors (Lipinski definition) is 8. The molecule has 3 aromatic heterocycles. The Morgan fingerprint density at radius 3 is 2.72 bits per heavy atom. The van der Waals surface area contributed by atoms with E-state index in [-0.39, 0.29) is 12.2 Å². The van der Waals surface area contributed by atoms with Crippen molar-refractivity contribution in [1.29, 1.82) is 5.26 Å². The summed E-state index contributed by atoms with van der Waals surface area (Å²) in [5.41, 5.74) is 6.17. The van der Waals surface area contributed by atoms with Gasteiger partial charge in [-0.2, -0.15) is 5.26 Å². The van der Waals surface area contributed by atoms with Crippen molar-refractivity contribution in [3.05, 3.63) is 99.8 Å². The molecule has 1 aliphatic carbocycles. The molecule has 0 saturated heterocycles. The highest BCUT2D eigenvalue weighted by Gasteiger charge is 2.33. The van der Waals surface area contributed by atoms with E-state index in [0.29, 0.717) is 26.4 Å². The number of carbonyl (C=O) groups is 1. The lowest BCUT2D eigenvalue weighted by Gasteiger charge is -2.25. The number of rotatable bonds is 6. The molecule has 43 heavy (non-hydrogen) atoms. The Kier molecular flexibility index (Phi) is 7.71. The second kappa shape index (κ2) is 11.5. The molecular formula is C33H32N4O4S2. The number of methoxy groups -OCH3 is 1. The second-order valence-corrected chi connectivity index (χ2v) is 12.8. The average molecular weight is 613 g/mol. The van der Waals surface area contributed by atoms with Crippen molar-refractivity contribution in [2.75, 3.05) is 13.7 Å². The van der Waals surface area contributed by atoms with Crippen molar-refractivity contribution in [1.82, 2.24) is 9.13 Å². The van der Waals surface area contributed by atoms with Gasteiger partial charge in [-0.05, 0) is 94.3 Å². The summed E-state index contributed by atoms with van der Waals surface area (Å²) in [6.45, 7) is 7.80. The third-order valence-electron chi connectivity index (χ3n) is 8.15. The van der Waals surface area contributed by atoms with Crippen molar-refractivity contribution >= 4 is 34.7 Å². The summed E-state index contributed by atoms with van der Waals surface area (Å²) in [6, 6.07) is 11.2. The average Bonchev–Trinajstić information content (AvgIpc) is 3.61. The highest BCUT2D eigenvalue weighted by atomic mass is 32.1. The molecule has 4 aromatic rings. The highest BCUT2D eigenvalue weighted by Crippen LogP contribution is 2.38. The standard InChI is InChI=1S/C33H32N4O4S2/c1-6-41-32(39)28-19(3)35-33-37(29(28)21-10-9-11-23(15-21)40-5)30(38)27(43-33)16-22-14-18(2)36(20(22)4)31-25(17-34)24-12-7-8-13-26(24)42-31/h9-11,14-16,29H,6-8,12-13H2,1-5H3/b27-16+/t29-/m1/s1. The lowest BCUT2D eigenvalue weighted by atomic mass is 9.95. The maximum Gasteiger partial charge on any atom is 0.338 e. The van der Waals surface area contributed by atoms with E-state index in [1.54, 1.807) is 36.9 Å². The molecule has 1 aliphatic heterocycles. The lowest BCUT2D eigenvalue weighted by Crippen LogP contribution is -2.39. The fourth-order valence-corrected chi connectivity index (χ4v) is 8.62.